The predicted molar refractivity (Wildman–Crippen MR) is 103 cm³/mol. The van der Waals surface area contributed by atoms with Crippen LogP contribution in [0.4, 0.5) is 17.6 Å². The van der Waals surface area contributed by atoms with Gasteiger partial charge in [-0.2, -0.15) is 4.98 Å². The van der Waals surface area contributed by atoms with E-state index in [9.17, 15) is 0 Å². The molecule has 2 aromatic rings. The van der Waals surface area contributed by atoms with E-state index in [-0.39, 0.29) is 0 Å². The van der Waals surface area contributed by atoms with Gasteiger partial charge in [0.15, 0.2) is 0 Å². The monoisotopic (exact) mass is 367 g/mol. The summed E-state index contributed by atoms with van der Waals surface area (Å²) in [5.41, 5.74) is 0. The van der Waals surface area contributed by atoms with Crippen molar-refractivity contribution in [2.75, 3.05) is 54.5 Å². The molecule has 1 unspecified atom stereocenters. The SMILES string of the molecule is c1cc(N2CCC(Nc3ccnc(N4CCOCC4)n3)C2)nc(C2CC2)n1. The molecule has 0 aromatic carbocycles. The molecule has 4 heterocycles. The number of rotatable bonds is 5. The highest BCUT2D eigenvalue weighted by Gasteiger charge is 2.29. The Morgan fingerprint density at radius 2 is 1.78 bits per heavy atom. The van der Waals surface area contributed by atoms with Gasteiger partial charge in [0.05, 0.1) is 13.2 Å². The maximum Gasteiger partial charge on any atom is 0.227 e. The lowest BCUT2D eigenvalue weighted by molar-refractivity contribution is 0.122. The zero-order valence-corrected chi connectivity index (χ0v) is 15.4. The largest absolute Gasteiger partial charge is 0.378 e. The van der Waals surface area contributed by atoms with Crippen LogP contribution in [0.25, 0.3) is 0 Å². The molecule has 8 heteroatoms. The Morgan fingerprint density at radius 1 is 0.926 bits per heavy atom. The van der Waals surface area contributed by atoms with E-state index in [1.165, 1.54) is 12.8 Å². The van der Waals surface area contributed by atoms with Crippen molar-refractivity contribution < 1.29 is 4.74 Å². The summed E-state index contributed by atoms with van der Waals surface area (Å²) in [7, 11) is 0. The second-order valence-corrected chi connectivity index (χ2v) is 7.46. The number of anilines is 3. The Bertz CT molecular complexity index is 791. The van der Waals surface area contributed by atoms with Crippen LogP contribution in [-0.2, 0) is 4.74 Å². The van der Waals surface area contributed by atoms with Crippen LogP contribution in [0.3, 0.4) is 0 Å². The Labute approximate surface area is 159 Å². The summed E-state index contributed by atoms with van der Waals surface area (Å²) in [6, 6.07) is 4.33. The molecule has 5 rings (SSSR count). The van der Waals surface area contributed by atoms with Gasteiger partial charge in [0.25, 0.3) is 0 Å². The number of morpholine rings is 1. The second-order valence-electron chi connectivity index (χ2n) is 7.46. The van der Waals surface area contributed by atoms with Crippen molar-refractivity contribution in [3.63, 3.8) is 0 Å². The third kappa shape index (κ3) is 3.80. The molecule has 142 valence electrons. The van der Waals surface area contributed by atoms with E-state index >= 15 is 0 Å². The number of nitrogens with zero attached hydrogens (tertiary/aromatic N) is 6. The third-order valence-electron chi connectivity index (χ3n) is 5.40. The number of hydrogen-bond donors (Lipinski definition) is 1. The summed E-state index contributed by atoms with van der Waals surface area (Å²) in [5.74, 6) is 4.31. The van der Waals surface area contributed by atoms with Gasteiger partial charge in [-0.1, -0.05) is 0 Å². The van der Waals surface area contributed by atoms with Crippen LogP contribution in [0.2, 0.25) is 0 Å². The van der Waals surface area contributed by atoms with E-state index in [0.717, 1.165) is 69.2 Å². The van der Waals surface area contributed by atoms with Crippen molar-refractivity contribution in [3.05, 3.63) is 30.4 Å². The highest BCUT2D eigenvalue weighted by atomic mass is 16.5. The fourth-order valence-electron chi connectivity index (χ4n) is 3.72. The molecule has 2 aliphatic heterocycles. The first-order chi connectivity index (χ1) is 13.3. The molecule has 0 spiro atoms. The van der Waals surface area contributed by atoms with Crippen LogP contribution in [-0.4, -0.2) is 65.4 Å². The summed E-state index contributed by atoms with van der Waals surface area (Å²) in [6.45, 7) is 5.09. The molecule has 2 aromatic heterocycles. The number of nitrogens with one attached hydrogen (secondary N) is 1. The Balaban J connectivity index is 1.23. The zero-order valence-electron chi connectivity index (χ0n) is 15.4. The Hall–Kier alpha value is -2.48. The minimum Gasteiger partial charge on any atom is -0.378 e. The smallest absolute Gasteiger partial charge is 0.227 e. The first-order valence-electron chi connectivity index (χ1n) is 9.85. The van der Waals surface area contributed by atoms with Crippen molar-refractivity contribution in [3.8, 4) is 0 Å². The quantitative estimate of drug-likeness (QED) is 0.855. The molecule has 8 nitrogen and oxygen atoms in total. The molecule has 3 fully saturated rings. The molecule has 27 heavy (non-hydrogen) atoms. The maximum absolute atomic E-state index is 5.41. The van der Waals surface area contributed by atoms with Crippen LogP contribution < -0.4 is 15.1 Å². The van der Waals surface area contributed by atoms with E-state index in [0.29, 0.717) is 12.0 Å². The summed E-state index contributed by atoms with van der Waals surface area (Å²) in [4.78, 5) is 22.9. The summed E-state index contributed by atoms with van der Waals surface area (Å²) in [5, 5.41) is 3.58. The normalized spacial score (nSPS) is 22.9. The molecular formula is C19H25N7O. The van der Waals surface area contributed by atoms with Gasteiger partial charge in [-0.15, -0.1) is 0 Å². The molecule has 0 amide bonds. The highest BCUT2D eigenvalue weighted by molar-refractivity contribution is 5.45. The molecule has 1 aliphatic carbocycles. The van der Waals surface area contributed by atoms with Crippen LogP contribution in [0.1, 0.15) is 31.0 Å². The Kier molecular flexibility index (Phi) is 4.49. The van der Waals surface area contributed by atoms with Gasteiger partial charge >= 0.3 is 0 Å². The zero-order chi connectivity index (χ0) is 18.1. The molecule has 1 saturated carbocycles. The summed E-state index contributed by atoms with van der Waals surface area (Å²) in [6.07, 6.45) is 7.26. The van der Waals surface area contributed by atoms with Gasteiger partial charge in [-0.25, -0.2) is 15.0 Å². The standard InChI is InChI=1S/C19H25N7O/c1-2-14(1)18-20-7-4-17(24-18)26-8-5-15(13-26)22-16-3-6-21-19(23-16)25-9-11-27-12-10-25/h3-4,6-7,14-15H,1-2,5,8-13H2,(H,21,22,23). The van der Waals surface area contributed by atoms with E-state index in [1.807, 2.05) is 24.5 Å². The third-order valence-corrected chi connectivity index (χ3v) is 5.40. The number of hydrogen-bond acceptors (Lipinski definition) is 8. The van der Waals surface area contributed by atoms with Crippen LogP contribution >= 0.6 is 0 Å². The second kappa shape index (κ2) is 7.26. The van der Waals surface area contributed by atoms with E-state index in [4.69, 9.17) is 14.7 Å². The average molecular weight is 367 g/mol. The number of aromatic nitrogens is 4. The maximum atomic E-state index is 5.41. The topological polar surface area (TPSA) is 79.3 Å². The lowest BCUT2D eigenvalue weighted by atomic mass is 10.2. The van der Waals surface area contributed by atoms with Crippen LogP contribution in [0.5, 0.6) is 0 Å². The number of ether oxygens (including phenoxy) is 1. The van der Waals surface area contributed by atoms with Gasteiger partial charge in [-0.05, 0) is 31.4 Å². The lowest BCUT2D eigenvalue weighted by Gasteiger charge is -2.27. The van der Waals surface area contributed by atoms with E-state index in [1.54, 1.807) is 0 Å². The van der Waals surface area contributed by atoms with Gasteiger partial charge < -0.3 is 19.9 Å². The van der Waals surface area contributed by atoms with E-state index in [2.05, 4.69) is 25.1 Å². The molecule has 1 atom stereocenters. The van der Waals surface area contributed by atoms with Crippen molar-refractivity contribution in [2.24, 2.45) is 0 Å². The summed E-state index contributed by atoms with van der Waals surface area (Å²) >= 11 is 0. The van der Waals surface area contributed by atoms with E-state index < -0.39 is 0 Å². The molecule has 3 aliphatic rings. The highest BCUT2D eigenvalue weighted by Crippen LogP contribution is 2.38. The predicted octanol–water partition coefficient (Wildman–Crippen LogP) is 1.67. The van der Waals surface area contributed by atoms with Crippen molar-refractivity contribution in [1.82, 2.24) is 19.9 Å². The molecule has 0 bridgehead atoms. The van der Waals surface area contributed by atoms with Crippen molar-refractivity contribution >= 4 is 17.6 Å². The van der Waals surface area contributed by atoms with Crippen LogP contribution in [0, 0.1) is 0 Å². The van der Waals surface area contributed by atoms with Crippen molar-refractivity contribution in [1.29, 1.82) is 0 Å². The lowest BCUT2D eigenvalue weighted by Crippen LogP contribution is -2.37. The fraction of sp³-hybridized carbons (Fsp3) is 0.579. The van der Waals surface area contributed by atoms with Gasteiger partial charge in [0, 0.05) is 50.5 Å². The fourth-order valence-corrected chi connectivity index (χ4v) is 3.72. The minimum absolute atomic E-state index is 0.358. The minimum atomic E-state index is 0.358. The van der Waals surface area contributed by atoms with Crippen molar-refractivity contribution in [2.45, 2.75) is 31.2 Å². The van der Waals surface area contributed by atoms with Crippen LogP contribution in [0.15, 0.2) is 24.5 Å². The first-order valence-corrected chi connectivity index (χ1v) is 9.85. The molecule has 2 saturated heterocycles. The first kappa shape index (κ1) is 16.7. The van der Waals surface area contributed by atoms with Gasteiger partial charge in [0.2, 0.25) is 5.95 Å². The Morgan fingerprint density at radius 3 is 2.63 bits per heavy atom. The summed E-state index contributed by atoms with van der Waals surface area (Å²) < 4.78 is 5.41. The van der Waals surface area contributed by atoms with Gasteiger partial charge in [0.1, 0.15) is 17.5 Å². The van der Waals surface area contributed by atoms with Gasteiger partial charge in [-0.3, -0.25) is 0 Å². The molecular weight excluding hydrogens is 342 g/mol. The average Bonchev–Trinajstić information content (AvgIpc) is 3.48. The molecule has 1 N–H and O–H groups in total. The molecule has 0 radical (unpaired) electrons.